The van der Waals surface area contributed by atoms with Crippen molar-refractivity contribution in [3.05, 3.63) is 182 Å². The average molecular weight is 1150 g/mol. The second-order valence-electron chi connectivity index (χ2n) is 20.0. The van der Waals surface area contributed by atoms with Crippen LogP contribution in [-0.2, 0) is 53.4 Å². The minimum Gasteiger partial charge on any atom is -0.497 e. The van der Waals surface area contributed by atoms with Gasteiger partial charge in [0.15, 0.2) is 22.0 Å². The number of halogens is 1. The fourth-order valence-electron chi connectivity index (χ4n) is 11.3. The maximum absolute atomic E-state index is 14.3. The third-order valence-corrected chi connectivity index (χ3v) is 18.2. The van der Waals surface area contributed by atoms with E-state index in [1.165, 1.54) is 22.9 Å². The molecule has 2 fully saturated rings. The largest absolute Gasteiger partial charge is 0.497 e. The van der Waals surface area contributed by atoms with Gasteiger partial charge in [-0.05, 0) is 83.0 Å². The van der Waals surface area contributed by atoms with Gasteiger partial charge in [-0.3, -0.25) is 19.5 Å². The van der Waals surface area contributed by atoms with E-state index >= 15 is 0 Å². The van der Waals surface area contributed by atoms with E-state index in [1.807, 2.05) is 94.9 Å². The summed E-state index contributed by atoms with van der Waals surface area (Å²) >= 11 is 12.8. The van der Waals surface area contributed by atoms with Gasteiger partial charge in [0.1, 0.15) is 47.4 Å². The Labute approximate surface area is 475 Å². The zero-order valence-electron chi connectivity index (χ0n) is 44.6. The molecule has 6 heterocycles. The molecule has 11 rings (SSSR count). The summed E-state index contributed by atoms with van der Waals surface area (Å²) in [7, 11) is 3.23. The quantitative estimate of drug-likeness (QED) is 0.0145. The van der Waals surface area contributed by atoms with Gasteiger partial charge in [-0.2, -0.15) is 10.2 Å². The number of benzene rings is 4. The molecule has 1 aliphatic heterocycles. The summed E-state index contributed by atoms with van der Waals surface area (Å²) < 4.78 is 53.3. The highest BCUT2D eigenvalue weighted by atomic mass is 35.5. The number of aryl methyl sites for hydroxylation is 2. The topological polar surface area (TPSA) is 232 Å². The van der Waals surface area contributed by atoms with Crippen molar-refractivity contribution >= 4 is 63.9 Å². The molecule has 21 nitrogen and oxygen atoms in total. The molecule has 1 saturated heterocycles. The number of imidazole rings is 3. The lowest BCUT2D eigenvalue weighted by Crippen LogP contribution is -2.41. The summed E-state index contributed by atoms with van der Waals surface area (Å²) in [4.78, 5) is 48.0. The zero-order chi connectivity index (χ0) is 56.4. The van der Waals surface area contributed by atoms with Gasteiger partial charge in [-0.1, -0.05) is 98.6 Å². The number of aromatic nitrogens is 9. The molecule has 8 atom stereocenters. The van der Waals surface area contributed by atoms with Gasteiger partial charge in [0.2, 0.25) is 5.78 Å². The Balaban J connectivity index is 0.954. The molecule has 4 aromatic carbocycles. The van der Waals surface area contributed by atoms with E-state index in [-0.39, 0.29) is 71.7 Å². The zero-order valence-corrected chi connectivity index (χ0v) is 47.1. The fourth-order valence-corrected chi connectivity index (χ4v) is 13.7. The maximum atomic E-state index is 14.3. The molecule has 0 bridgehead atoms. The van der Waals surface area contributed by atoms with Crippen molar-refractivity contribution < 1.29 is 37.4 Å². The molecule has 418 valence electrons. The normalized spacial score (nSPS) is 20.8. The van der Waals surface area contributed by atoms with Crippen LogP contribution in [0.25, 0.3) is 28.1 Å². The number of nitriles is 1. The predicted molar refractivity (Wildman–Crippen MR) is 303 cm³/mol. The summed E-state index contributed by atoms with van der Waals surface area (Å²) in [5, 5.41) is 21.3. The fraction of sp³-hybridized carbons (Fsp3) is 0.351. The first-order chi connectivity index (χ1) is 39.4. The summed E-state index contributed by atoms with van der Waals surface area (Å²) in [6.07, 6.45) is 7.61. The van der Waals surface area contributed by atoms with Gasteiger partial charge in [0.05, 0.1) is 64.1 Å². The van der Waals surface area contributed by atoms with Crippen LogP contribution in [0.2, 0.25) is 5.15 Å². The van der Waals surface area contributed by atoms with Gasteiger partial charge in [-0.15, -0.1) is 0 Å². The lowest BCUT2D eigenvalue weighted by Gasteiger charge is -2.45. The van der Waals surface area contributed by atoms with E-state index in [0.29, 0.717) is 41.4 Å². The number of ether oxygens (including phenoxy) is 4. The van der Waals surface area contributed by atoms with Crippen LogP contribution in [0.5, 0.6) is 11.5 Å². The number of nitro benzene ring substituents is 1. The molecule has 1 saturated carbocycles. The molecule has 1 aliphatic carbocycles. The molecule has 5 aromatic heterocycles. The van der Waals surface area contributed by atoms with Crippen molar-refractivity contribution in [1.82, 2.24) is 43.0 Å². The van der Waals surface area contributed by atoms with Gasteiger partial charge in [-0.25, -0.2) is 24.3 Å². The number of nitro groups is 1. The number of non-ortho nitro benzene ring substituents is 1. The van der Waals surface area contributed by atoms with Crippen LogP contribution < -0.4 is 15.0 Å². The molecule has 1 unspecified atom stereocenters. The van der Waals surface area contributed by atoms with E-state index < -0.39 is 41.6 Å². The Morgan fingerprint density at radius 1 is 0.864 bits per heavy atom. The average Bonchev–Trinajstić information content (AvgIpc) is 4.25. The van der Waals surface area contributed by atoms with Crippen LogP contribution in [-0.4, -0.2) is 94.2 Å². The number of hydrogen-bond acceptors (Lipinski definition) is 17. The standard InChI is InChI=1S/C57H57ClN11O10PS/c1-5-45-38(30-46(45)67-34-62-48-51(58)60-33-61-52(48)67)31-77-80(81,76-29-9-25-59)79-50-36(2)55(68-35-63-49-53(68)64-56-65(27-28-66(56)54(49)70)26-24-37-12-18-42(19-13-37)69(71)72)78-47(50)32-75-57(39-10-7-6-8-11-39,40-14-20-43(73-3)21-15-40)41-16-22-44(74-4)23-17-41/h6-8,10-23,27-28,33-36,38,45-47,50,55H,5,9,24,26,29-32H2,1-4H3/t36-,38-,45-,46-,47-,50+,55-,80?/m1/s1. The lowest BCUT2D eigenvalue weighted by atomic mass is 9.68. The Kier molecular flexibility index (Phi) is 16.1. The Bertz CT molecular complexity index is 3810. The number of nitrogens with zero attached hydrogens (tertiary/aromatic N) is 11. The Hall–Kier alpha value is -7.45. The second-order valence-corrected chi connectivity index (χ2v) is 23.3. The minimum absolute atomic E-state index is 0.000639. The lowest BCUT2D eigenvalue weighted by molar-refractivity contribution is -0.384. The molecule has 81 heavy (non-hydrogen) atoms. The van der Waals surface area contributed by atoms with Crippen LogP contribution in [0.15, 0.2) is 139 Å². The number of rotatable bonds is 23. The van der Waals surface area contributed by atoms with E-state index in [2.05, 4.69) is 32.9 Å². The molecule has 0 N–H and O–H groups in total. The molecular formula is C57H57ClN11O10PS. The monoisotopic (exact) mass is 1150 g/mol. The first-order valence-electron chi connectivity index (χ1n) is 26.5. The summed E-state index contributed by atoms with van der Waals surface area (Å²) in [5.41, 5.74) is 3.22. The van der Waals surface area contributed by atoms with Crippen molar-refractivity contribution in [2.24, 2.45) is 17.8 Å². The van der Waals surface area contributed by atoms with Crippen molar-refractivity contribution in [1.29, 1.82) is 5.26 Å². The van der Waals surface area contributed by atoms with Gasteiger partial charge < -0.3 is 41.7 Å². The molecular weight excluding hydrogens is 1100 g/mol. The Morgan fingerprint density at radius 3 is 2.21 bits per heavy atom. The van der Waals surface area contributed by atoms with Crippen LogP contribution in [0.3, 0.4) is 0 Å². The molecule has 0 amide bonds. The third-order valence-electron chi connectivity index (χ3n) is 15.6. The first-order valence-corrected chi connectivity index (χ1v) is 29.4. The van der Waals surface area contributed by atoms with E-state index in [4.69, 9.17) is 60.9 Å². The van der Waals surface area contributed by atoms with E-state index in [1.54, 1.807) is 56.0 Å². The molecule has 2 aliphatic rings. The predicted octanol–water partition coefficient (Wildman–Crippen LogP) is 10.2. The smallest absolute Gasteiger partial charge is 0.327 e. The van der Waals surface area contributed by atoms with Crippen LogP contribution in [0.4, 0.5) is 5.69 Å². The molecule has 9 aromatic rings. The summed E-state index contributed by atoms with van der Waals surface area (Å²) in [6.45, 7) is 0.859. The van der Waals surface area contributed by atoms with Crippen LogP contribution in [0, 0.1) is 39.2 Å². The summed E-state index contributed by atoms with van der Waals surface area (Å²) in [6, 6.07) is 33.9. The van der Waals surface area contributed by atoms with E-state index in [0.717, 1.165) is 35.1 Å². The maximum Gasteiger partial charge on any atom is 0.327 e. The molecule has 24 heteroatoms. The molecule has 0 radical (unpaired) electrons. The minimum atomic E-state index is -3.73. The summed E-state index contributed by atoms with van der Waals surface area (Å²) in [5.74, 6) is 1.34. The highest BCUT2D eigenvalue weighted by Gasteiger charge is 2.50. The highest BCUT2D eigenvalue weighted by Crippen LogP contribution is 2.57. The van der Waals surface area contributed by atoms with E-state index in [9.17, 15) is 20.2 Å². The van der Waals surface area contributed by atoms with Crippen LogP contribution in [0.1, 0.15) is 67.6 Å². The van der Waals surface area contributed by atoms with Gasteiger partial charge >= 0.3 is 6.72 Å². The van der Waals surface area contributed by atoms with Crippen molar-refractivity contribution in [3.8, 4) is 17.6 Å². The van der Waals surface area contributed by atoms with Gasteiger partial charge in [0.25, 0.3) is 11.2 Å². The number of hydrogen-bond donors (Lipinski definition) is 0. The van der Waals surface area contributed by atoms with Gasteiger partial charge in [0, 0.05) is 43.0 Å². The molecule has 0 spiro atoms. The number of fused-ring (bicyclic) bond motifs is 3. The van der Waals surface area contributed by atoms with Crippen LogP contribution >= 0.6 is 18.3 Å². The van der Waals surface area contributed by atoms with Crippen molar-refractivity contribution in [3.63, 3.8) is 0 Å². The van der Waals surface area contributed by atoms with Crippen molar-refractivity contribution in [2.45, 2.75) is 76.2 Å². The Morgan fingerprint density at radius 2 is 1.54 bits per heavy atom. The number of methoxy groups -OCH3 is 2. The van der Waals surface area contributed by atoms with Crippen molar-refractivity contribution in [2.75, 3.05) is 34.0 Å². The SMILES string of the molecule is CC[C@@H]1[C@@H](COP(=S)(OCCC#N)O[C@H]2[C@@H](C)[C@H](n3cnc4c(=O)n5ccn(CCc6ccc([N+](=O)[O-])cc6)c5nc43)O[C@@H]2COC(c2ccccc2)(c2ccc(OC)cc2)c2ccc(OC)cc2)C[C@H]1n1cnc2c(Cl)ncnc21. The third kappa shape index (κ3) is 10.7. The highest BCUT2D eigenvalue weighted by molar-refractivity contribution is 8.07. The second kappa shape index (κ2) is 23.6. The first kappa shape index (κ1) is 55.5.